The van der Waals surface area contributed by atoms with E-state index in [-0.39, 0.29) is 0 Å². The van der Waals surface area contributed by atoms with Crippen molar-refractivity contribution in [3.63, 3.8) is 0 Å². The van der Waals surface area contributed by atoms with Gasteiger partial charge >= 0.3 is 6.09 Å². The number of aryl methyl sites for hydroxylation is 2. The second kappa shape index (κ2) is 5.18. The molecule has 0 aliphatic carbocycles. The van der Waals surface area contributed by atoms with Crippen LogP contribution in [0.1, 0.15) is 37.7 Å². The number of hydrogen-bond acceptors (Lipinski definition) is 4. The predicted molar refractivity (Wildman–Crippen MR) is 64.3 cm³/mol. The van der Waals surface area contributed by atoms with E-state index >= 15 is 0 Å². The minimum absolute atomic E-state index is 0.490. The zero-order valence-corrected chi connectivity index (χ0v) is 11.0. The van der Waals surface area contributed by atoms with E-state index in [0.717, 1.165) is 17.0 Å². The van der Waals surface area contributed by atoms with Crippen LogP contribution < -0.4 is 10.9 Å². The fourth-order valence-electron chi connectivity index (χ4n) is 1.34. The second-order valence-electron chi connectivity index (χ2n) is 4.89. The summed E-state index contributed by atoms with van der Waals surface area (Å²) in [6.07, 6.45) is -0.490. The molecule has 0 saturated heterocycles. The number of H-pyrrole nitrogens is 1. The highest BCUT2D eigenvalue weighted by molar-refractivity contribution is 5.66. The zero-order chi connectivity index (χ0) is 13.1. The third-order valence-electron chi connectivity index (χ3n) is 2.14. The van der Waals surface area contributed by atoms with Crippen LogP contribution >= 0.6 is 0 Å². The van der Waals surface area contributed by atoms with Crippen LogP contribution in [-0.4, -0.2) is 21.9 Å². The maximum atomic E-state index is 11.3. The first-order valence-corrected chi connectivity index (χ1v) is 5.52. The molecule has 0 saturated carbocycles. The lowest BCUT2D eigenvalue weighted by Crippen LogP contribution is -2.40. The molecule has 17 heavy (non-hydrogen) atoms. The molecular formula is C11H20N4O2. The van der Waals surface area contributed by atoms with Gasteiger partial charge in [-0.05, 0) is 34.6 Å². The Kier molecular flexibility index (Phi) is 4.11. The lowest BCUT2D eigenvalue weighted by atomic mass is 10.2. The molecular weight excluding hydrogens is 220 g/mol. The van der Waals surface area contributed by atoms with Gasteiger partial charge in [-0.3, -0.25) is 10.5 Å². The Morgan fingerprint density at radius 3 is 2.53 bits per heavy atom. The van der Waals surface area contributed by atoms with Crippen molar-refractivity contribution in [2.75, 3.05) is 0 Å². The smallest absolute Gasteiger partial charge is 0.422 e. The van der Waals surface area contributed by atoms with E-state index in [1.54, 1.807) is 0 Å². The Morgan fingerprint density at radius 1 is 1.41 bits per heavy atom. The fourth-order valence-corrected chi connectivity index (χ4v) is 1.34. The molecule has 0 aliphatic rings. The van der Waals surface area contributed by atoms with Crippen molar-refractivity contribution >= 4 is 6.09 Å². The molecule has 3 N–H and O–H groups in total. The van der Waals surface area contributed by atoms with Crippen molar-refractivity contribution in [2.45, 2.75) is 46.8 Å². The van der Waals surface area contributed by atoms with Gasteiger partial charge in [0.1, 0.15) is 5.60 Å². The van der Waals surface area contributed by atoms with Crippen molar-refractivity contribution < 1.29 is 9.53 Å². The lowest BCUT2D eigenvalue weighted by Gasteiger charge is -2.19. The number of amides is 1. The molecule has 6 nitrogen and oxygen atoms in total. The van der Waals surface area contributed by atoms with E-state index in [4.69, 9.17) is 4.74 Å². The van der Waals surface area contributed by atoms with E-state index < -0.39 is 11.7 Å². The molecule has 0 unspecified atom stereocenters. The standard InChI is InChI=1S/C11H20N4O2/c1-7-9(8(2)14-13-7)6-12-15-10(16)17-11(3,4)5/h12H,6H2,1-5H3,(H,13,14)(H,15,16). The minimum atomic E-state index is -0.493. The van der Waals surface area contributed by atoms with E-state index in [1.807, 2.05) is 34.6 Å². The Balaban J connectivity index is 2.36. The van der Waals surface area contributed by atoms with Crippen LogP contribution in [0.4, 0.5) is 4.79 Å². The molecule has 1 aromatic rings. The molecule has 1 amide bonds. The number of carbonyl (C=O) groups excluding carboxylic acids is 1. The normalized spacial score (nSPS) is 11.4. The lowest BCUT2D eigenvalue weighted by molar-refractivity contribution is 0.0497. The number of rotatable bonds is 3. The van der Waals surface area contributed by atoms with E-state index in [0.29, 0.717) is 6.54 Å². The van der Waals surface area contributed by atoms with Gasteiger partial charge in [0.2, 0.25) is 0 Å². The molecule has 6 heteroatoms. The van der Waals surface area contributed by atoms with Gasteiger partial charge in [0.05, 0.1) is 5.69 Å². The van der Waals surface area contributed by atoms with Crippen molar-refractivity contribution in [3.8, 4) is 0 Å². The van der Waals surface area contributed by atoms with Crippen LogP contribution in [0.5, 0.6) is 0 Å². The number of nitrogens with zero attached hydrogens (tertiary/aromatic N) is 1. The van der Waals surface area contributed by atoms with Crippen LogP contribution in [-0.2, 0) is 11.3 Å². The predicted octanol–water partition coefficient (Wildman–Crippen LogP) is 1.56. The summed E-state index contributed by atoms with van der Waals surface area (Å²) in [7, 11) is 0. The molecule has 0 radical (unpaired) electrons. The van der Waals surface area contributed by atoms with E-state index in [1.165, 1.54) is 0 Å². The van der Waals surface area contributed by atoms with Crippen LogP contribution in [0.15, 0.2) is 0 Å². The highest BCUT2D eigenvalue weighted by atomic mass is 16.6. The molecule has 0 fully saturated rings. The first-order chi connectivity index (χ1) is 7.79. The zero-order valence-electron chi connectivity index (χ0n) is 11.0. The monoisotopic (exact) mass is 240 g/mol. The summed E-state index contributed by atoms with van der Waals surface area (Å²) in [5, 5.41) is 6.94. The maximum absolute atomic E-state index is 11.3. The Bertz CT molecular complexity index is 373. The first kappa shape index (κ1) is 13.5. The third-order valence-corrected chi connectivity index (χ3v) is 2.14. The van der Waals surface area contributed by atoms with E-state index in [9.17, 15) is 4.79 Å². The Morgan fingerprint density at radius 2 is 2.06 bits per heavy atom. The largest absolute Gasteiger partial charge is 0.443 e. The average Bonchev–Trinajstić information content (AvgIpc) is 2.46. The van der Waals surface area contributed by atoms with Crippen LogP contribution in [0.2, 0.25) is 0 Å². The Hall–Kier alpha value is -1.56. The molecule has 0 bridgehead atoms. The molecule has 0 spiro atoms. The quantitative estimate of drug-likeness (QED) is 0.700. The van der Waals surface area contributed by atoms with Gasteiger partial charge in [0.25, 0.3) is 0 Å². The SMILES string of the molecule is Cc1n[nH]c(C)c1CNNC(=O)OC(C)(C)C. The molecule has 96 valence electrons. The molecule has 1 aromatic heterocycles. The highest BCUT2D eigenvalue weighted by Crippen LogP contribution is 2.08. The van der Waals surface area contributed by atoms with Gasteiger partial charge < -0.3 is 4.74 Å². The highest BCUT2D eigenvalue weighted by Gasteiger charge is 2.15. The van der Waals surface area contributed by atoms with Gasteiger partial charge in [-0.2, -0.15) is 5.10 Å². The Labute approximate surface area is 101 Å². The minimum Gasteiger partial charge on any atom is -0.443 e. The molecule has 1 heterocycles. The molecule has 0 atom stereocenters. The fraction of sp³-hybridized carbons (Fsp3) is 0.636. The van der Waals surface area contributed by atoms with Gasteiger partial charge in [0.15, 0.2) is 0 Å². The summed E-state index contributed by atoms with van der Waals surface area (Å²) >= 11 is 0. The van der Waals surface area contributed by atoms with Crippen LogP contribution in [0, 0.1) is 13.8 Å². The number of aromatic nitrogens is 2. The number of nitrogens with one attached hydrogen (secondary N) is 3. The number of carbonyl (C=O) groups is 1. The number of ether oxygens (including phenoxy) is 1. The third kappa shape index (κ3) is 4.44. The number of hydrazine groups is 1. The molecule has 1 rings (SSSR count). The van der Waals surface area contributed by atoms with Crippen LogP contribution in [0.3, 0.4) is 0 Å². The summed E-state index contributed by atoms with van der Waals surface area (Å²) in [6.45, 7) is 9.80. The van der Waals surface area contributed by atoms with Crippen molar-refractivity contribution in [3.05, 3.63) is 17.0 Å². The number of aromatic amines is 1. The number of hydrogen-bond donors (Lipinski definition) is 3. The summed E-state index contributed by atoms with van der Waals surface area (Å²) in [5.74, 6) is 0. The van der Waals surface area contributed by atoms with Crippen LogP contribution in [0.25, 0.3) is 0 Å². The van der Waals surface area contributed by atoms with E-state index in [2.05, 4.69) is 21.0 Å². The summed E-state index contributed by atoms with van der Waals surface area (Å²) in [5.41, 5.74) is 7.74. The van der Waals surface area contributed by atoms with Crippen molar-refractivity contribution in [1.29, 1.82) is 0 Å². The summed E-state index contributed by atoms with van der Waals surface area (Å²) < 4.78 is 5.08. The molecule has 0 aromatic carbocycles. The van der Waals surface area contributed by atoms with Crippen molar-refractivity contribution in [2.24, 2.45) is 0 Å². The summed E-state index contributed by atoms with van der Waals surface area (Å²) in [6, 6.07) is 0. The van der Waals surface area contributed by atoms with Gasteiger partial charge in [-0.15, -0.1) is 0 Å². The van der Waals surface area contributed by atoms with Gasteiger partial charge in [-0.1, -0.05) is 0 Å². The maximum Gasteiger partial charge on any atom is 0.422 e. The summed E-state index contributed by atoms with van der Waals surface area (Å²) in [4.78, 5) is 11.3. The molecule has 0 aliphatic heterocycles. The first-order valence-electron chi connectivity index (χ1n) is 5.52. The van der Waals surface area contributed by atoms with Gasteiger partial charge in [0, 0.05) is 17.8 Å². The second-order valence-corrected chi connectivity index (χ2v) is 4.89. The average molecular weight is 240 g/mol. The van der Waals surface area contributed by atoms with Crippen molar-refractivity contribution in [1.82, 2.24) is 21.0 Å². The topological polar surface area (TPSA) is 79.0 Å². The van der Waals surface area contributed by atoms with Gasteiger partial charge in [-0.25, -0.2) is 10.2 Å².